The van der Waals surface area contributed by atoms with E-state index >= 15 is 0 Å². The predicted octanol–water partition coefficient (Wildman–Crippen LogP) is 3.46. The van der Waals surface area contributed by atoms with Gasteiger partial charge in [0.1, 0.15) is 0 Å². The number of aryl methyl sites for hydroxylation is 1. The lowest BCUT2D eigenvalue weighted by Crippen LogP contribution is -2.18. The van der Waals surface area contributed by atoms with Crippen LogP contribution in [-0.2, 0) is 28.9 Å². The minimum atomic E-state index is -0.481. The predicted molar refractivity (Wildman–Crippen MR) is 110 cm³/mol. The maximum absolute atomic E-state index is 12.9. The molecule has 3 aromatic rings. The highest BCUT2D eigenvalue weighted by Gasteiger charge is 2.25. The fraction of sp³-hybridized carbons (Fsp3) is 0.273. The van der Waals surface area contributed by atoms with E-state index < -0.39 is 5.97 Å². The van der Waals surface area contributed by atoms with Gasteiger partial charge in [0.05, 0.1) is 22.5 Å². The summed E-state index contributed by atoms with van der Waals surface area (Å²) in [4.78, 5) is 42.4. The van der Waals surface area contributed by atoms with Gasteiger partial charge in [-0.3, -0.25) is 14.6 Å². The molecule has 1 aromatic carbocycles. The molecule has 148 valence electrons. The van der Waals surface area contributed by atoms with Crippen LogP contribution in [0, 0.1) is 0 Å². The topological polar surface area (TPSA) is 85.4 Å². The number of rotatable bonds is 6. The minimum Gasteiger partial charge on any atom is -0.454 e. The molecule has 1 amide bonds. The van der Waals surface area contributed by atoms with Gasteiger partial charge in [-0.15, -0.1) is 11.3 Å². The summed E-state index contributed by atoms with van der Waals surface area (Å²) in [7, 11) is 0. The Kier molecular flexibility index (Phi) is 5.40. The third-order valence-electron chi connectivity index (χ3n) is 4.91. The molecule has 0 saturated heterocycles. The fourth-order valence-corrected chi connectivity index (χ4v) is 4.42. The van der Waals surface area contributed by atoms with Gasteiger partial charge in [0, 0.05) is 22.9 Å². The third kappa shape index (κ3) is 4.05. The third-order valence-corrected chi connectivity index (χ3v) is 6.03. The van der Waals surface area contributed by atoms with Crippen molar-refractivity contribution in [1.82, 2.24) is 10.3 Å². The molecule has 0 radical (unpaired) electrons. The number of Topliss-reactive ketones (excluding diaryl/α,β-unsaturated/α-hetero) is 1. The standard InChI is InChI=1S/C22H20N2O4S/c1-13(25)23-11-14-9-10-20(29-14)19(26)12-28-22(27)21-15-5-2-3-7-17(15)24-18-8-4-6-16(18)21/h2-3,5,7,9-10H,4,6,8,11-12H2,1H3,(H,23,25). The van der Waals surface area contributed by atoms with Crippen LogP contribution in [0.15, 0.2) is 36.4 Å². The van der Waals surface area contributed by atoms with E-state index in [1.54, 1.807) is 12.1 Å². The number of amides is 1. The summed E-state index contributed by atoms with van der Waals surface area (Å²) in [6, 6.07) is 11.0. The Balaban J connectivity index is 1.49. The number of pyridine rings is 1. The number of aromatic nitrogens is 1. The van der Waals surface area contributed by atoms with E-state index in [1.807, 2.05) is 24.3 Å². The van der Waals surface area contributed by atoms with Crippen molar-refractivity contribution in [2.24, 2.45) is 0 Å². The number of hydrogen-bond acceptors (Lipinski definition) is 6. The number of carbonyl (C=O) groups excluding carboxylic acids is 3. The number of fused-ring (bicyclic) bond motifs is 2. The molecule has 0 bridgehead atoms. The SMILES string of the molecule is CC(=O)NCc1ccc(C(=O)COC(=O)c2c3c(nc4ccccc24)CCC3)s1. The number of carbonyl (C=O) groups is 3. The average Bonchev–Trinajstić information content (AvgIpc) is 3.37. The van der Waals surface area contributed by atoms with Crippen LogP contribution in [-0.4, -0.2) is 29.3 Å². The molecule has 1 aliphatic carbocycles. The molecule has 0 spiro atoms. The minimum absolute atomic E-state index is 0.127. The van der Waals surface area contributed by atoms with E-state index in [4.69, 9.17) is 4.74 Å². The highest BCUT2D eigenvalue weighted by Crippen LogP contribution is 2.30. The molecular formula is C22H20N2O4S. The van der Waals surface area contributed by atoms with Crippen molar-refractivity contribution in [3.05, 3.63) is 63.0 Å². The zero-order chi connectivity index (χ0) is 20.4. The van der Waals surface area contributed by atoms with Crippen LogP contribution in [0.25, 0.3) is 10.9 Å². The van der Waals surface area contributed by atoms with Crippen LogP contribution >= 0.6 is 11.3 Å². The summed E-state index contributed by atoms with van der Waals surface area (Å²) in [5, 5.41) is 3.46. The first-order valence-corrected chi connectivity index (χ1v) is 10.3. The van der Waals surface area contributed by atoms with E-state index in [-0.39, 0.29) is 18.3 Å². The molecule has 0 aliphatic heterocycles. The Morgan fingerprint density at radius 3 is 2.79 bits per heavy atom. The first-order valence-electron chi connectivity index (χ1n) is 9.47. The van der Waals surface area contributed by atoms with Gasteiger partial charge in [0.2, 0.25) is 11.7 Å². The second-order valence-electron chi connectivity index (χ2n) is 6.96. The molecule has 1 aliphatic rings. The molecule has 0 unspecified atom stereocenters. The first-order chi connectivity index (χ1) is 14.0. The van der Waals surface area contributed by atoms with Crippen molar-refractivity contribution in [2.75, 3.05) is 6.61 Å². The number of ether oxygens (including phenoxy) is 1. The smallest absolute Gasteiger partial charge is 0.339 e. The first kappa shape index (κ1) is 19.3. The lowest BCUT2D eigenvalue weighted by Gasteiger charge is -2.11. The molecule has 6 nitrogen and oxygen atoms in total. The number of esters is 1. The van der Waals surface area contributed by atoms with E-state index in [2.05, 4.69) is 10.3 Å². The molecule has 2 aromatic heterocycles. The highest BCUT2D eigenvalue weighted by atomic mass is 32.1. The van der Waals surface area contributed by atoms with Crippen LogP contribution in [0.4, 0.5) is 0 Å². The van der Waals surface area contributed by atoms with E-state index in [1.165, 1.54) is 18.3 Å². The number of thiophene rings is 1. The molecule has 0 fully saturated rings. The van der Waals surface area contributed by atoms with Gasteiger partial charge in [-0.05, 0) is 43.0 Å². The summed E-state index contributed by atoms with van der Waals surface area (Å²) in [5.41, 5.74) is 3.19. The summed E-state index contributed by atoms with van der Waals surface area (Å²) in [6.07, 6.45) is 2.61. The second kappa shape index (κ2) is 8.13. The highest BCUT2D eigenvalue weighted by molar-refractivity contribution is 7.14. The van der Waals surface area contributed by atoms with Crippen molar-refractivity contribution < 1.29 is 19.1 Å². The number of benzene rings is 1. The Bertz CT molecular complexity index is 1120. The van der Waals surface area contributed by atoms with Gasteiger partial charge in [-0.2, -0.15) is 0 Å². The zero-order valence-corrected chi connectivity index (χ0v) is 16.8. The molecule has 7 heteroatoms. The Hall–Kier alpha value is -3.06. The van der Waals surface area contributed by atoms with Crippen molar-refractivity contribution in [3.8, 4) is 0 Å². The summed E-state index contributed by atoms with van der Waals surface area (Å²) >= 11 is 1.29. The lowest BCUT2D eigenvalue weighted by atomic mass is 10.0. The number of ketones is 1. The molecule has 2 heterocycles. The van der Waals surface area contributed by atoms with Crippen LogP contribution in [0.2, 0.25) is 0 Å². The van der Waals surface area contributed by atoms with Crippen molar-refractivity contribution in [1.29, 1.82) is 0 Å². The number of hydrogen-bond donors (Lipinski definition) is 1. The molecule has 29 heavy (non-hydrogen) atoms. The summed E-state index contributed by atoms with van der Waals surface area (Å²) in [5.74, 6) is -0.866. The molecule has 0 atom stereocenters. The quantitative estimate of drug-likeness (QED) is 0.499. The number of nitrogens with zero attached hydrogens (tertiary/aromatic N) is 1. The van der Waals surface area contributed by atoms with Gasteiger partial charge >= 0.3 is 5.97 Å². The normalized spacial score (nSPS) is 12.6. The summed E-state index contributed by atoms with van der Waals surface area (Å²) < 4.78 is 5.41. The van der Waals surface area contributed by atoms with Crippen molar-refractivity contribution >= 4 is 39.9 Å². The average molecular weight is 408 g/mol. The van der Waals surface area contributed by atoms with Gasteiger partial charge < -0.3 is 10.1 Å². The number of nitrogens with one attached hydrogen (secondary N) is 1. The van der Waals surface area contributed by atoms with E-state index in [9.17, 15) is 14.4 Å². The van der Waals surface area contributed by atoms with Crippen LogP contribution in [0.1, 0.15) is 49.5 Å². The fourth-order valence-electron chi connectivity index (χ4n) is 3.55. The Morgan fingerprint density at radius 2 is 1.97 bits per heavy atom. The Morgan fingerprint density at radius 1 is 1.14 bits per heavy atom. The van der Waals surface area contributed by atoms with Gasteiger partial charge in [-0.1, -0.05) is 18.2 Å². The lowest BCUT2D eigenvalue weighted by molar-refractivity contribution is -0.119. The van der Waals surface area contributed by atoms with Crippen molar-refractivity contribution in [3.63, 3.8) is 0 Å². The summed E-state index contributed by atoms with van der Waals surface area (Å²) in [6.45, 7) is 1.51. The van der Waals surface area contributed by atoms with E-state index in [0.29, 0.717) is 17.0 Å². The molecule has 1 N–H and O–H groups in total. The monoisotopic (exact) mass is 408 g/mol. The van der Waals surface area contributed by atoms with Gasteiger partial charge in [-0.25, -0.2) is 4.79 Å². The maximum Gasteiger partial charge on any atom is 0.339 e. The maximum atomic E-state index is 12.9. The largest absolute Gasteiger partial charge is 0.454 e. The van der Waals surface area contributed by atoms with Crippen LogP contribution < -0.4 is 5.32 Å². The molecule has 4 rings (SSSR count). The zero-order valence-electron chi connectivity index (χ0n) is 16.0. The molecular weight excluding hydrogens is 388 g/mol. The van der Waals surface area contributed by atoms with Crippen LogP contribution in [0.3, 0.4) is 0 Å². The van der Waals surface area contributed by atoms with Crippen molar-refractivity contribution in [2.45, 2.75) is 32.7 Å². The van der Waals surface area contributed by atoms with Gasteiger partial charge in [0.25, 0.3) is 0 Å². The molecule has 0 saturated carbocycles. The van der Waals surface area contributed by atoms with E-state index in [0.717, 1.165) is 46.3 Å². The Labute approximate surface area is 171 Å². The number of para-hydroxylation sites is 1. The van der Waals surface area contributed by atoms with Gasteiger partial charge in [0.15, 0.2) is 6.61 Å². The second-order valence-corrected chi connectivity index (χ2v) is 8.13. The van der Waals surface area contributed by atoms with Crippen LogP contribution in [0.5, 0.6) is 0 Å².